The molecule has 0 aliphatic rings. The van der Waals surface area contributed by atoms with Crippen molar-refractivity contribution in [1.82, 2.24) is 0 Å². The summed E-state index contributed by atoms with van der Waals surface area (Å²) in [5, 5.41) is 0. The Morgan fingerprint density at radius 3 is 2.44 bits per heavy atom. The Kier molecular flexibility index (Phi) is 8.15. The molecule has 0 radical (unpaired) electrons. The molecule has 0 heterocycles. The van der Waals surface area contributed by atoms with E-state index < -0.39 is 5.41 Å². The highest BCUT2D eigenvalue weighted by Gasteiger charge is 2.27. The molecule has 0 aromatic carbocycles. The number of hydrogen-bond donors (Lipinski definition) is 1. The highest BCUT2D eigenvalue weighted by atomic mass is 16.5. The van der Waals surface area contributed by atoms with Crippen LogP contribution in [0.2, 0.25) is 0 Å². The van der Waals surface area contributed by atoms with Crippen molar-refractivity contribution < 1.29 is 19.0 Å². The molecule has 0 unspecified atom stereocenters. The summed E-state index contributed by atoms with van der Waals surface area (Å²) in [6.45, 7) is 5.92. The second kappa shape index (κ2) is 8.50. The molecule has 0 aliphatic heterocycles. The molecule has 16 heavy (non-hydrogen) atoms. The van der Waals surface area contributed by atoms with Gasteiger partial charge in [0.05, 0.1) is 25.2 Å². The monoisotopic (exact) mass is 233 g/mol. The highest BCUT2D eigenvalue weighted by Crippen LogP contribution is 2.14. The van der Waals surface area contributed by atoms with Gasteiger partial charge < -0.3 is 19.9 Å². The summed E-state index contributed by atoms with van der Waals surface area (Å²) in [4.78, 5) is 11.5. The Bertz CT molecular complexity index is 194. The Labute approximate surface area is 97.2 Å². The number of rotatable bonds is 9. The maximum Gasteiger partial charge on any atom is 0.312 e. The summed E-state index contributed by atoms with van der Waals surface area (Å²) in [6, 6.07) is 0. The van der Waals surface area contributed by atoms with Crippen LogP contribution in [0.4, 0.5) is 0 Å². The van der Waals surface area contributed by atoms with Crippen LogP contribution in [0.25, 0.3) is 0 Å². The fraction of sp³-hybridized carbons (Fsp3) is 0.909. The Morgan fingerprint density at radius 2 is 1.88 bits per heavy atom. The van der Waals surface area contributed by atoms with Crippen molar-refractivity contribution in [3.05, 3.63) is 0 Å². The van der Waals surface area contributed by atoms with E-state index >= 15 is 0 Å². The lowest BCUT2D eigenvalue weighted by molar-refractivity contribution is -0.153. The van der Waals surface area contributed by atoms with Gasteiger partial charge in [0.25, 0.3) is 0 Å². The molecule has 5 heteroatoms. The van der Waals surface area contributed by atoms with E-state index in [0.717, 1.165) is 0 Å². The standard InChI is InChI=1S/C11H23NO4/c1-11(2,9-12)10(13)16-6-4-5-15-8-7-14-3/h4-9,12H2,1-3H3. The summed E-state index contributed by atoms with van der Waals surface area (Å²) in [6.07, 6.45) is 0.691. The van der Waals surface area contributed by atoms with Crippen LogP contribution in [0.1, 0.15) is 20.3 Å². The summed E-state index contributed by atoms with van der Waals surface area (Å²) < 4.78 is 15.1. The molecular weight excluding hydrogens is 210 g/mol. The number of hydrogen-bond acceptors (Lipinski definition) is 5. The van der Waals surface area contributed by atoms with Gasteiger partial charge >= 0.3 is 5.97 Å². The Morgan fingerprint density at radius 1 is 1.19 bits per heavy atom. The van der Waals surface area contributed by atoms with Crippen molar-refractivity contribution in [2.75, 3.05) is 40.1 Å². The van der Waals surface area contributed by atoms with E-state index in [2.05, 4.69) is 0 Å². The van der Waals surface area contributed by atoms with Gasteiger partial charge in [-0.1, -0.05) is 0 Å². The highest BCUT2D eigenvalue weighted by molar-refractivity contribution is 5.76. The van der Waals surface area contributed by atoms with E-state index in [-0.39, 0.29) is 12.5 Å². The minimum absolute atomic E-state index is 0.258. The van der Waals surface area contributed by atoms with Crippen molar-refractivity contribution in [1.29, 1.82) is 0 Å². The normalized spacial score (nSPS) is 11.5. The molecule has 0 spiro atoms. The van der Waals surface area contributed by atoms with Gasteiger partial charge in [-0.3, -0.25) is 4.79 Å². The van der Waals surface area contributed by atoms with Gasteiger partial charge in [0.2, 0.25) is 0 Å². The number of methoxy groups -OCH3 is 1. The average Bonchev–Trinajstić information content (AvgIpc) is 2.27. The number of carbonyl (C=O) groups excluding carboxylic acids is 1. The van der Waals surface area contributed by atoms with Crippen molar-refractivity contribution in [3.8, 4) is 0 Å². The minimum atomic E-state index is -0.600. The molecule has 0 rings (SSSR count). The van der Waals surface area contributed by atoms with Gasteiger partial charge in [-0.05, 0) is 13.8 Å². The van der Waals surface area contributed by atoms with Gasteiger partial charge in [-0.25, -0.2) is 0 Å². The number of nitrogens with two attached hydrogens (primary N) is 1. The summed E-state index contributed by atoms with van der Waals surface area (Å²) >= 11 is 0. The summed E-state index contributed by atoms with van der Waals surface area (Å²) in [5.41, 5.74) is 4.85. The van der Waals surface area contributed by atoms with E-state index in [9.17, 15) is 4.79 Å². The fourth-order valence-electron chi connectivity index (χ4n) is 0.849. The van der Waals surface area contributed by atoms with Crippen LogP contribution in [-0.2, 0) is 19.0 Å². The summed E-state index contributed by atoms with van der Waals surface area (Å²) in [5.74, 6) is -0.258. The van der Waals surface area contributed by atoms with Crippen molar-refractivity contribution >= 4 is 5.97 Å². The molecule has 0 fully saturated rings. The largest absolute Gasteiger partial charge is 0.465 e. The van der Waals surface area contributed by atoms with Crippen LogP contribution in [0.15, 0.2) is 0 Å². The molecule has 0 saturated heterocycles. The predicted molar refractivity (Wildman–Crippen MR) is 61.1 cm³/mol. The predicted octanol–water partition coefficient (Wildman–Crippen LogP) is 0.568. The lowest BCUT2D eigenvalue weighted by atomic mass is 9.94. The molecule has 0 aromatic heterocycles. The smallest absolute Gasteiger partial charge is 0.312 e. The SMILES string of the molecule is COCCOCCCOC(=O)C(C)(C)CN. The zero-order valence-electron chi connectivity index (χ0n) is 10.5. The molecule has 5 nitrogen and oxygen atoms in total. The zero-order valence-corrected chi connectivity index (χ0v) is 10.5. The third-order valence-corrected chi connectivity index (χ3v) is 2.16. The molecule has 96 valence electrons. The van der Waals surface area contributed by atoms with E-state index in [0.29, 0.717) is 32.8 Å². The molecular formula is C11H23NO4. The molecule has 0 aliphatic carbocycles. The summed E-state index contributed by atoms with van der Waals surface area (Å²) in [7, 11) is 1.63. The van der Waals surface area contributed by atoms with E-state index in [1.807, 2.05) is 0 Å². The lowest BCUT2D eigenvalue weighted by Crippen LogP contribution is -2.34. The maximum atomic E-state index is 11.5. The van der Waals surface area contributed by atoms with Gasteiger partial charge in [-0.2, -0.15) is 0 Å². The number of carbonyl (C=O) groups is 1. The van der Waals surface area contributed by atoms with E-state index in [4.69, 9.17) is 19.9 Å². The van der Waals surface area contributed by atoms with Crippen LogP contribution >= 0.6 is 0 Å². The first-order valence-electron chi connectivity index (χ1n) is 5.48. The topological polar surface area (TPSA) is 70.8 Å². The first-order valence-corrected chi connectivity index (χ1v) is 5.48. The lowest BCUT2D eigenvalue weighted by Gasteiger charge is -2.19. The minimum Gasteiger partial charge on any atom is -0.465 e. The van der Waals surface area contributed by atoms with Crippen molar-refractivity contribution in [3.63, 3.8) is 0 Å². The third kappa shape index (κ3) is 6.76. The van der Waals surface area contributed by atoms with Gasteiger partial charge in [0.1, 0.15) is 0 Å². The van der Waals surface area contributed by atoms with Crippen LogP contribution in [0.5, 0.6) is 0 Å². The number of esters is 1. The molecule has 2 N–H and O–H groups in total. The van der Waals surface area contributed by atoms with Crippen molar-refractivity contribution in [2.24, 2.45) is 11.1 Å². The van der Waals surface area contributed by atoms with Crippen LogP contribution < -0.4 is 5.73 Å². The van der Waals surface area contributed by atoms with Gasteiger partial charge in [0.15, 0.2) is 0 Å². The fourth-order valence-corrected chi connectivity index (χ4v) is 0.849. The molecule has 0 atom stereocenters. The van der Waals surface area contributed by atoms with E-state index in [1.54, 1.807) is 21.0 Å². The Hall–Kier alpha value is -0.650. The third-order valence-electron chi connectivity index (χ3n) is 2.16. The zero-order chi connectivity index (χ0) is 12.4. The van der Waals surface area contributed by atoms with Crippen LogP contribution in [-0.4, -0.2) is 46.1 Å². The average molecular weight is 233 g/mol. The Balaban J connectivity index is 3.42. The van der Waals surface area contributed by atoms with Gasteiger partial charge in [0, 0.05) is 26.7 Å². The van der Waals surface area contributed by atoms with Gasteiger partial charge in [-0.15, -0.1) is 0 Å². The van der Waals surface area contributed by atoms with Crippen LogP contribution in [0, 0.1) is 5.41 Å². The second-order valence-corrected chi connectivity index (χ2v) is 4.18. The van der Waals surface area contributed by atoms with E-state index in [1.165, 1.54) is 0 Å². The molecule has 0 amide bonds. The molecule has 0 saturated carbocycles. The first-order chi connectivity index (χ1) is 7.54. The van der Waals surface area contributed by atoms with Crippen LogP contribution in [0.3, 0.4) is 0 Å². The molecule has 0 bridgehead atoms. The first kappa shape index (κ1) is 15.3. The second-order valence-electron chi connectivity index (χ2n) is 4.18. The number of ether oxygens (including phenoxy) is 3. The molecule has 0 aromatic rings. The quantitative estimate of drug-likeness (QED) is 0.465. The van der Waals surface area contributed by atoms with Crippen molar-refractivity contribution in [2.45, 2.75) is 20.3 Å². The maximum absolute atomic E-state index is 11.5.